The van der Waals surface area contributed by atoms with Gasteiger partial charge in [0.05, 0.1) is 11.4 Å². The van der Waals surface area contributed by atoms with Gasteiger partial charge in [-0.25, -0.2) is 0 Å². The zero-order valence-electron chi connectivity index (χ0n) is 22.2. The number of aromatic nitrogens is 1. The third-order valence-corrected chi connectivity index (χ3v) is 5.93. The third kappa shape index (κ3) is 10.9. The van der Waals surface area contributed by atoms with E-state index in [0.29, 0.717) is 0 Å². The van der Waals surface area contributed by atoms with Crippen LogP contribution in [0.5, 0.6) is 0 Å². The summed E-state index contributed by atoms with van der Waals surface area (Å²) < 4.78 is 0. The van der Waals surface area contributed by atoms with Crippen LogP contribution in [0.4, 0.5) is 0 Å². The predicted molar refractivity (Wildman–Crippen MR) is 154 cm³/mol. The van der Waals surface area contributed by atoms with Crippen molar-refractivity contribution >= 4 is 17.5 Å². The molecule has 0 aliphatic rings. The van der Waals surface area contributed by atoms with Crippen molar-refractivity contribution in [3.8, 4) is 0 Å². The van der Waals surface area contributed by atoms with Crippen molar-refractivity contribution in [2.45, 2.75) is 58.8 Å². The number of allylic oxidation sites excluding steroid dienone is 1. The van der Waals surface area contributed by atoms with E-state index in [9.17, 15) is 0 Å². The number of thioether (sulfide) groups is 1. The second kappa shape index (κ2) is 16.0. The zero-order chi connectivity index (χ0) is 25.5. The first-order valence-electron chi connectivity index (χ1n) is 11.9. The molecular weight excluding hydrogens is 432 g/mol. The van der Waals surface area contributed by atoms with Crippen molar-refractivity contribution in [1.82, 2.24) is 10.3 Å². The van der Waals surface area contributed by atoms with Gasteiger partial charge in [0.25, 0.3) is 0 Å². The molecule has 3 aromatic rings. The van der Waals surface area contributed by atoms with Gasteiger partial charge in [0, 0.05) is 18.1 Å². The van der Waals surface area contributed by atoms with Crippen LogP contribution in [0, 0.1) is 6.92 Å². The Hall–Kier alpha value is -2.78. The fourth-order valence-electron chi connectivity index (χ4n) is 3.20. The molecule has 0 amide bonds. The molecule has 0 unspecified atom stereocenters. The third-order valence-electron chi connectivity index (χ3n) is 5.21. The van der Waals surface area contributed by atoms with Crippen LogP contribution in [-0.4, -0.2) is 18.3 Å². The van der Waals surface area contributed by atoms with Crippen molar-refractivity contribution in [2.24, 2.45) is 0 Å². The number of hydrogen-bond acceptors (Lipinski definition) is 3. The summed E-state index contributed by atoms with van der Waals surface area (Å²) in [5.41, 5.74) is 9.76. The van der Waals surface area contributed by atoms with Gasteiger partial charge in [0.15, 0.2) is 0 Å². The van der Waals surface area contributed by atoms with Gasteiger partial charge in [-0.05, 0) is 98.4 Å². The number of pyridine rings is 1. The van der Waals surface area contributed by atoms with Crippen LogP contribution >= 0.6 is 11.8 Å². The van der Waals surface area contributed by atoms with Crippen LogP contribution < -0.4 is 5.32 Å². The highest BCUT2D eigenvalue weighted by Crippen LogP contribution is 2.19. The number of nitrogens with one attached hydrogen (secondary N) is 1. The highest BCUT2D eigenvalue weighted by Gasteiger charge is 2.02. The molecule has 0 aliphatic heterocycles. The topological polar surface area (TPSA) is 24.9 Å². The Labute approximate surface area is 212 Å². The fraction of sp³-hybridized carbons (Fsp3) is 0.323. The van der Waals surface area contributed by atoms with Crippen molar-refractivity contribution < 1.29 is 0 Å². The summed E-state index contributed by atoms with van der Waals surface area (Å²) in [6, 6.07) is 19.6. The maximum atomic E-state index is 4.32. The summed E-state index contributed by atoms with van der Waals surface area (Å²) in [6.07, 6.45) is 7.10. The van der Waals surface area contributed by atoms with Gasteiger partial charge in [0.2, 0.25) is 0 Å². The van der Waals surface area contributed by atoms with Gasteiger partial charge >= 0.3 is 0 Å². The lowest BCUT2D eigenvalue weighted by Crippen LogP contribution is -2.05. The smallest absolute Gasteiger partial charge is 0.0857 e. The number of rotatable bonds is 7. The van der Waals surface area contributed by atoms with Crippen LogP contribution in [-0.2, 0) is 19.3 Å². The average molecular weight is 475 g/mol. The van der Waals surface area contributed by atoms with Crippen LogP contribution in [0.25, 0.3) is 5.70 Å². The van der Waals surface area contributed by atoms with Crippen molar-refractivity contribution in [2.75, 3.05) is 13.3 Å². The fourth-order valence-corrected chi connectivity index (χ4v) is 3.70. The van der Waals surface area contributed by atoms with E-state index in [2.05, 4.69) is 105 Å². The molecule has 3 heteroatoms. The number of aryl methyl sites for hydroxylation is 3. The molecule has 0 saturated heterocycles. The van der Waals surface area contributed by atoms with E-state index in [1.807, 2.05) is 27.1 Å². The molecular formula is C31H42N2S. The van der Waals surface area contributed by atoms with Gasteiger partial charge < -0.3 is 5.32 Å². The first-order chi connectivity index (χ1) is 16.2. The highest BCUT2D eigenvalue weighted by atomic mass is 32.2. The van der Waals surface area contributed by atoms with Crippen LogP contribution in [0.15, 0.2) is 84.4 Å². The van der Waals surface area contributed by atoms with Gasteiger partial charge in [-0.1, -0.05) is 56.3 Å². The Morgan fingerprint density at radius 3 is 2.00 bits per heavy atom. The van der Waals surface area contributed by atoms with Crippen LogP contribution in [0.3, 0.4) is 0 Å². The first kappa shape index (κ1) is 29.3. The zero-order valence-corrected chi connectivity index (χ0v) is 23.0. The second-order valence-corrected chi connectivity index (χ2v) is 9.36. The molecule has 2 aromatic carbocycles. The molecule has 3 rings (SSSR count). The predicted octanol–water partition coefficient (Wildman–Crippen LogP) is 8.29. The first-order valence-corrected chi connectivity index (χ1v) is 13.1. The highest BCUT2D eigenvalue weighted by molar-refractivity contribution is 7.98. The van der Waals surface area contributed by atoms with E-state index < -0.39 is 0 Å². The summed E-state index contributed by atoms with van der Waals surface area (Å²) in [6.45, 7) is 18.0. The Morgan fingerprint density at radius 1 is 0.882 bits per heavy atom. The molecule has 0 radical (unpaired) electrons. The lowest BCUT2D eigenvalue weighted by Gasteiger charge is -2.07. The van der Waals surface area contributed by atoms with Crippen molar-refractivity contribution in [3.63, 3.8) is 0 Å². The Morgan fingerprint density at radius 2 is 1.50 bits per heavy atom. The molecule has 0 aliphatic carbocycles. The number of nitrogens with zero attached hydrogens (tertiary/aromatic N) is 1. The molecule has 2 nitrogen and oxygen atoms in total. The van der Waals surface area contributed by atoms with Gasteiger partial charge in [0.1, 0.15) is 0 Å². The maximum Gasteiger partial charge on any atom is 0.0857 e. The molecule has 0 atom stereocenters. The van der Waals surface area contributed by atoms with E-state index >= 15 is 0 Å². The van der Waals surface area contributed by atoms with Gasteiger partial charge in [-0.3, -0.25) is 4.98 Å². The summed E-state index contributed by atoms with van der Waals surface area (Å²) >= 11 is 1.80. The normalized spacial score (nSPS) is 9.74. The van der Waals surface area contributed by atoms with Crippen molar-refractivity contribution in [3.05, 3.63) is 113 Å². The van der Waals surface area contributed by atoms with Gasteiger partial charge in [-0.15, -0.1) is 18.3 Å². The number of benzene rings is 2. The van der Waals surface area contributed by atoms with E-state index in [0.717, 1.165) is 30.7 Å². The van der Waals surface area contributed by atoms with Crippen molar-refractivity contribution in [1.29, 1.82) is 0 Å². The van der Waals surface area contributed by atoms with E-state index in [-0.39, 0.29) is 0 Å². The molecule has 0 spiro atoms. The lowest BCUT2D eigenvalue weighted by atomic mass is 10.0. The molecule has 0 fully saturated rings. The average Bonchev–Trinajstić information content (AvgIpc) is 2.84. The molecule has 1 heterocycles. The molecule has 0 bridgehead atoms. The van der Waals surface area contributed by atoms with E-state index in [1.165, 1.54) is 38.3 Å². The molecule has 182 valence electrons. The molecule has 1 aromatic heterocycles. The quantitative estimate of drug-likeness (QED) is 0.275. The monoisotopic (exact) mass is 474 g/mol. The Bertz CT molecular complexity index is 1030. The second-order valence-electron chi connectivity index (χ2n) is 8.48. The molecule has 1 N–H and O–H groups in total. The molecule has 34 heavy (non-hydrogen) atoms. The maximum absolute atomic E-state index is 4.32. The summed E-state index contributed by atoms with van der Waals surface area (Å²) in [7, 11) is 1.86. The largest absolute Gasteiger partial charge is 0.387 e. The van der Waals surface area contributed by atoms with E-state index in [1.54, 1.807) is 11.8 Å². The Kier molecular flexibility index (Phi) is 13.7. The summed E-state index contributed by atoms with van der Waals surface area (Å²) in [5.74, 6) is 0. The minimum atomic E-state index is 0.850. The van der Waals surface area contributed by atoms with Gasteiger partial charge in [-0.2, -0.15) is 0 Å². The number of hydrogen-bond donors (Lipinski definition) is 1. The minimum Gasteiger partial charge on any atom is -0.387 e. The molecule has 0 saturated carbocycles. The van der Waals surface area contributed by atoms with E-state index in [4.69, 9.17) is 0 Å². The SMILES string of the molecule is C=C(C)C.C=C(NC)c1cc(Cc2ccc(CC)cc2)ccn1.CCc1ccc(SC)cc1C. The van der Waals surface area contributed by atoms with Crippen LogP contribution in [0.2, 0.25) is 0 Å². The standard InChI is InChI=1S/C17H20N2.C10H14S.C4H8/c1-4-14-5-7-15(8-6-14)11-16-9-10-19-17(12-16)13(2)18-3;1-4-9-5-6-10(11-3)7-8(9)2;1-4(2)3/h5-10,12,18H,2,4,11H2,1,3H3;5-7H,4H2,1-3H3;1H2,2-3H3. The van der Waals surface area contributed by atoms with Crippen LogP contribution in [0.1, 0.15) is 61.2 Å². The summed E-state index contributed by atoms with van der Waals surface area (Å²) in [5, 5.41) is 3.03. The summed E-state index contributed by atoms with van der Waals surface area (Å²) in [4.78, 5) is 5.68. The minimum absolute atomic E-state index is 0.850. The Balaban J connectivity index is 0.000000325. The lowest BCUT2D eigenvalue weighted by molar-refractivity contribution is 1.08.